The average molecular weight is 503 g/mol. The zero-order valence-electron chi connectivity index (χ0n) is 21.3. The number of fused-ring (bicyclic) bond motifs is 1. The minimum atomic E-state index is -4.57. The van der Waals surface area contributed by atoms with Crippen molar-refractivity contribution in [3.05, 3.63) is 30.1 Å². The van der Waals surface area contributed by atoms with E-state index >= 15 is 0 Å². The third-order valence-corrected chi connectivity index (χ3v) is 5.75. The van der Waals surface area contributed by atoms with Crippen LogP contribution in [0.4, 0.5) is 23.7 Å². The number of hydrogen-bond acceptors (Lipinski definition) is 6. The Balaban J connectivity index is 0.00000456. The Hall–Kier alpha value is -2.51. The van der Waals surface area contributed by atoms with Crippen molar-refractivity contribution in [1.29, 1.82) is 0 Å². The molecule has 1 fully saturated rings. The summed E-state index contributed by atoms with van der Waals surface area (Å²) in [5, 5.41) is 9.04. The number of piperidine rings is 1. The molecule has 3 rings (SSSR count). The van der Waals surface area contributed by atoms with Crippen LogP contribution in [0.25, 0.3) is 11.0 Å². The summed E-state index contributed by atoms with van der Waals surface area (Å²) in [5.41, 5.74) is -1.16. The van der Waals surface area contributed by atoms with Crippen molar-refractivity contribution in [2.45, 2.75) is 64.8 Å². The number of hydrogen-bond donors (Lipinski definition) is 1. The smallest absolute Gasteiger partial charge is 0.418 e. The minimum absolute atomic E-state index is 0. The van der Waals surface area contributed by atoms with Crippen LogP contribution in [-0.4, -0.2) is 82.2 Å². The normalized spacial score (nSPS) is 18.5. The number of benzene rings is 1. The van der Waals surface area contributed by atoms with Crippen LogP contribution < -0.4 is 4.90 Å². The molecule has 0 bridgehead atoms. The van der Waals surface area contributed by atoms with Crippen molar-refractivity contribution in [2.75, 3.05) is 24.5 Å². The number of alkyl halides is 3. The average Bonchev–Trinajstić information content (AvgIpc) is 2.73. The van der Waals surface area contributed by atoms with Crippen LogP contribution in [0.2, 0.25) is 0 Å². The number of rotatable bonds is 6. The zero-order valence-corrected chi connectivity index (χ0v) is 21.3. The standard InChI is InChI=1S/C24H31F3N4O4.Li/c1-15-12-16(31(11-5-6-19(32)33)22(34)35-23(2,3)4)14-30(13-15)18-8-7-17(24(25,26)27)20-21(18)29-10-9-28-20;/h7-10,15-16H,5-6,11-14H2,1-4H3,(H,32,33);/t15-,16+;/m0./s1. The zero-order chi connectivity index (χ0) is 26.0. The third-order valence-electron chi connectivity index (χ3n) is 5.75. The summed E-state index contributed by atoms with van der Waals surface area (Å²) in [7, 11) is 0. The van der Waals surface area contributed by atoms with E-state index in [1.54, 1.807) is 25.7 Å². The van der Waals surface area contributed by atoms with Gasteiger partial charge in [-0.25, -0.2) is 4.79 Å². The van der Waals surface area contributed by atoms with E-state index in [2.05, 4.69) is 9.97 Å². The van der Waals surface area contributed by atoms with Gasteiger partial charge in [0.1, 0.15) is 16.6 Å². The number of ether oxygens (including phenoxy) is 1. The van der Waals surface area contributed by atoms with E-state index in [-0.39, 0.29) is 61.2 Å². The SMILES string of the molecule is C[C@H]1C[C@@H](N(CCCC(=O)O)C(=O)OC(C)(C)C)CN(c2ccc(C(F)(F)F)c3nccnc23)C1.[Li]. The quantitative estimate of drug-likeness (QED) is 0.577. The van der Waals surface area contributed by atoms with Crippen molar-refractivity contribution in [2.24, 2.45) is 5.92 Å². The molecule has 1 radical (unpaired) electrons. The van der Waals surface area contributed by atoms with Crippen LogP contribution in [0, 0.1) is 5.92 Å². The second-order valence-corrected chi connectivity index (χ2v) is 9.95. The van der Waals surface area contributed by atoms with Crippen LogP contribution in [0.5, 0.6) is 0 Å². The fraction of sp³-hybridized carbons (Fsp3) is 0.583. The number of aliphatic carboxylic acids is 1. The first-order chi connectivity index (χ1) is 16.3. The fourth-order valence-corrected chi connectivity index (χ4v) is 4.41. The Labute approximate surface area is 220 Å². The van der Waals surface area contributed by atoms with Gasteiger partial charge in [0, 0.05) is 57.3 Å². The summed E-state index contributed by atoms with van der Waals surface area (Å²) in [6.45, 7) is 8.36. The molecule has 1 saturated heterocycles. The molecule has 12 heteroatoms. The van der Waals surface area contributed by atoms with Gasteiger partial charge in [0.05, 0.1) is 17.3 Å². The number of halogens is 3. The second kappa shape index (κ2) is 11.7. The molecule has 0 aliphatic carbocycles. The first kappa shape index (κ1) is 29.7. The molecule has 1 aromatic carbocycles. The molecular formula is C24H31F3LiN4O4. The van der Waals surface area contributed by atoms with E-state index < -0.39 is 29.4 Å². The maximum absolute atomic E-state index is 13.5. The molecule has 2 atom stereocenters. The van der Waals surface area contributed by atoms with Gasteiger partial charge in [-0.2, -0.15) is 13.2 Å². The number of carboxylic acid groups (broad SMARTS) is 1. The number of aromatic nitrogens is 2. The molecular weight excluding hydrogens is 472 g/mol. The summed E-state index contributed by atoms with van der Waals surface area (Å²) >= 11 is 0. The Morgan fingerprint density at radius 1 is 1.14 bits per heavy atom. The fourth-order valence-electron chi connectivity index (χ4n) is 4.41. The molecule has 1 aromatic heterocycles. The van der Waals surface area contributed by atoms with E-state index in [1.807, 2.05) is 11.8 Å². The van der Waals surface area contributed by atoms with Gasteiger partial charge < -0.3 is 19.6 Å². The van der Waals surface area contributed by atoms with Crippen LogP contribution in [0.15, 0.2) is 24.5 Å². The van der Waals surface area contributed by atoms with Crippen LogP contribution in [0.1, 0.15) is 52.5 Å². The van der Waals surface area contributed by atoms with Gasteiger partial charge in [-0.15, -0.1) is 0 Å². The molecule has 1 aliphatic heterocycles. The molecule has 0 spiro atoms. The topological polar surface area (TPSA) is 95.9 Å². The monoisotopic (exact) mass is 503 g/mol. The van der Waals surface area contributed by atoms with Gasteiger partial charge in [-0.3, -0.25) is 14.8 Å². The largest absolute Gasteiger partial charge is 0.481 e. The Bertz CT molecular complexity index is 1080. The predicted molar refractivity (Wildman–Crippen MR) is 130 cm³/mol. The Kier molecular flexibility index (Phi) is 9.65. The summed E-state index contributed by atoms with van der Waals surface area (Å²) in [6.07, 6.45) is -1.71. The number of amides is 1. The number of anilines is 1. The van der Waals surface area contributed by atoms with Gasteiger partial charge in [0.2, 0.25) is 0 Å². The van der Waals surface area contributed by atoms with Crippen molar-refractivity contribution in [3.63, 3.8) is 0 Å². The molecule has 1 aliphatic rings. The Morgan fingerprint density at radius 2 is 1.78 bits per heavy atom. The summed E-state index contributed by atoms with van der Waals surface area (Å²) in [5.74, 6) is -0.852. The summed E-state index contributed by atoms with van der Waals surface area (Å²) in [4.78, 5) is 35.7. The molecule has 0 saturated carbocycles. The molecule has 2 heterocycles. The summed E-state index contributed by atoms with van der Waals surface area (Å²) < 4.78 is 46.2. The first-order valence-electron chi connectivity index (χ1n) is 11.5. The van der Waals surface area contributed by atoms with E-state index in [4.69, 9.17) is 9.84 Å². The molecule has 8 nitrogen and oxygen atoms in total. The van der Waals surface area contributed by atoms with Gasteiger partial charge >= 0.3 is 18.2 Å². The van der Waals surface area contributed by atoms with Gasteiger partial charge in [-0.05, 0) is 51.7 Å². The Morgan fingerprint density at radius 3 is 2.36 bits per heavy atom. The van der Waals surface area contributed by atoms with Crippen LogP contribution in [-0.2, 0) is 15.7 Å². The van der Waals surface area contributed by atoms with E-state index in [0.717, 1.165) is 6.07 Å². The van der Waals surface area contributed by atoms with Crippen molar-refractivity contribution in [3.8, 4) is 0 Å². The number of carbonyl (C=O) groups is 2. The van der Waals surface area contributed by atoms with Crippen molar-refractivity contribution >= 4 is 47.6 Å². The number of carboxylic acids is 1. The molecule has 193 valence electrons. The van der Waals surface area contributed by atoms with E-state index in [0.29, 0.717) is 25.2 Å². The molecule has 2 aromatic rings. The molecule has 1 amide bonds. The van der Waals surface area contributed by atoms with Gasteiger partial charge in [0.25, 0.3) is 0 Å². The second-order valence-electron chi connectivity index (χ2n) is 9.95. The van der Waals surface area contributed by atoms with E-state index in [9.17, 15) is 22.8 Å². The first-order valence-corrected chi connectivity index (χ1v) is 11.5. The van der Waals surface area contributed by atoms with Gasteiger partial charge in [-0.1, -0.05) is 6.92 Å². The van der Waals surface area contributed by atoms with Crippen molar-refractivity contribution < 1.29 is 32.6 Å². The third kappa shape index (κ3) is 7.50. The molecule has 36 heavy (non-hydrogen) atoms. The van der Waals surface area contributed by atoms with E-state index in [1.165, 1.54) is 18.5 Å². The molecule has 0 unspecified atom stereocenters. The maximum Gasteiger partial charge on any atom is 0.418 e. The van der Waals surface area contributed by atoms with Gasteiger partial charge in [0.15, 0.2) is 0 Å². The predicted octanol–water partition coefficient (Wildman–Crippen LogP) is 4.58. The van der Waals surface area contributed by atoms with Crippen LogP contribution in [0.3, 0.4) is 0 Å². The van der Waals surface area contributed by atoms with Crippen LogP contribution >= 0.6 is 0 Å². The summed E-state index contributed by atoms with van der Waals surface area (Å²) in [6, 6.07) is 2.09. The number of carbonyl (C=O) groups excluding carboxylic acids is 1. The number of nitrogens with zero attached hydrogens (tertiary/aromatic N) is 4. The minimum Gasteiger partial charge on any atom is -0.481 e. The molecule has 1 N–H and O–H groups in total. The van der Waals surface area contributed by atoms with Crippen molar-refractivity contribution in [1.82, 2.24) is 14.9 Å². The maximum atomic E-state index is 13.5.